The number of nitrogens with one attached hydrogen (secondary N) is 3. The quantitative estimate of drug-likeness (QED) is 0.120. The van der Waals surface area contributed by atoms with Gasteiger partial charge in [-0.15, -0.1) is 0 Å². The molecule has 0 fully saturated rings. The molecule has 0 aromatic carbocycles. The molecule has 3 amide bonds. The summed E-state index contributed by atoms with van der Waals surface area (Å²) in [5, 5.41) is 34.3. The molecule has 0 aliphatic heterocycles. The lowest BCUT2D eigenvalue weighted by Gasteiger charge is -2.26. The predicted octanol–water partition coefficient (Wildman–Crippen LogP) is -2.75. The lowest BCUT2D eigenvalue weighted by Crippen LogP contribution is -2.59. The van der Waals surface area contributed by atoms with Gasteiger partial charge in [0.05, 0.1) is 12.1 Å². The number of nitrogens with two attached hydrogens (primary N) is 2. The molecular weight excluding hydrogens is 414 g/mol. The fraction of sp³-hybridized carbons (Fsp3) is 0.722. The van der Waals surface area contributed by atoms with Gasteiger partial charge in [0.1, 0.15) is 18.1 Å². The number of rotatable bonds is 15. The summed E-state index contributed by atoms with van der Waals surface area (Å²) in [5.74, 6) is -5.09. The Hall–Kier alpha value is -2.77. The van der Waals surface area contributed by atoms with E-state index in [4.69, 9.17) is 21.7 Å². The zero-order valence-corrected chi connectivity index (χ0v) is 17.7. The van der Waals surface area contributed by atoms with Gasteiger partial charge in [-0.2, -0.15) is 0 Å². The molecule has 0 rings (SSSR count). The highest BCUT2D eigenvalue weighted by Gasteiger charge is 2.32. The third kappa shape index (κ3) is 11.3. The van der Waals surface area contributed by atoms with E-state index in [-0.39, 0.29) is 6.42 Å². The van der Waals surface area contributed by atoms with Crippen LogP contribution in [-0.2, 0) is 24.0 Å². The third-order valence-corrected chi connectivity index (χ3v) is 4.38. The summed E-state index contributed by atoms with van der Waals surface area (Å²) in [7, 11) is 0. The smallest absolute Gasteiger partial charge is 0.325 e. The van der Waals surface area contributed by atoms with E-state index in [0.29, 0.717) is 25.8 Å². The van der Waals surface area contributed by atoms with E-state index in [2.05, 4.69) is 16.0 Å². The molecule has 0 bridgehead atoms. The normalized spacial score (nSPS) is 15.6. The number of hydrogen-bond donors (Lipinski definition) is 8. The van der Waals surface area contributed by atoms with E-state index in [1.807, 2.05) is 0 Å². The number of amides is 3. The molecule has 0 radical (unpaired) electrons. The van der Waals surface area contributed by atoms with Gasteiger partial charge < -0.3 is 42.7 Å². The van der Waals surface area contributed by atoms with Crippen molar-refractivity contribution in [3.63, 3.8) is 0 Å². The van der Waals surface area contributed by atoms with Crippen molar-refractivity contribution in [2.75, 3.05) is 6.54 Å². The number of carbonyl (C=O) groups is 5. The predicted molar refractivity (Wildman–Crippen MR) is 109 cm³/mol. The van der Waals surface area contributed by atoms with Gasteiger partial charge in [-0.3, -0.25) is 24.0 Å². The van der Waals surface area contributed by atoms with Crippen LogP contribution in [0, 0.1) is 0 Å². The van der Waals surface area contributed by atoms with Gasteiger partial charge in [-0.25, -0.2) is 0 Å². The molecule has 178 valence electrons. The summed E-state index contributed by atoms with van der Waals surface area (Å²) in [6.07, 6.45) is -0.598. The molecule has 13 heteroatoms. The highest BCUT2D eigenvalue weighted by molar-refractivity contribution is 5.94. The molecule has 13 nitrogen and oxygen atoms in total. The Balaban J connectivity index is 5.26. The second-order valence-corrected chi connectivity index (χ2v) is 7.18. The zero-order valence-electron chi connectivity index (χ0n) is 17.7. The second kappa shape index (κ2) is 14.3. The van der Waals surface area contributed by atoms with E-state index in [1.165, 1.54) is 13.8 Å². The molecule has 10 N–H and O–H groups in total. The molecule has 5 unspecified atom stereocenters. The lowest BCUT2D eigenvalue weighted by molar-refractivity contribution is -0.142. The Labute approximate surface area is 179 Å². The topological polar surface area (TPSA) is 234 Å². The number of unbranched alkanes of at least 4 members (excludes halogenated alkanes) is 1. The fourth-order valence-electron chi connectivity index (χ4n) is 2.48. The first-order chi connectivity index (χ1) is 14.4. The molecular formula is C18H33N5O8. The van der Waals surface area contributed by atoms with Crippen LogP contribution in [0.1, 0.15) is 46.0 Å². The van der Waals surface area contributed by atoms with E-state index >= 15 is 0 Å². The summed E-state index contributed by atoms with van der Waals surface area (Å²) >= 11 is 0. The van der Waals surface area contributed by atoms with E-state index in [0.717, 1.165) is 0 Å². The van der Waals surface area contributed by atoms with Crippen molar-refractivity contribution in [1.29, 1.82) is 0 Å². The van der Waals surface area contributed by atoms with Crippen molar-refractivity contribution in [3.05, 3.63) is 0 Å². The number of carboxylic acids is 2. The summed E-state index contributed by atoms with van der Waals surface area (Å²) in [6.45, 7) is 2.83. The van der Waals surface area contributed by atoms with E-state index in [9.17, 15) is 29.1 Å². The number of carboxylic acid groups (broad SMARTS) is 2. The maximum absolute atomic E-state index is 12.6. The van der Waals surface area contributed by atoms with Gasteiger partial charge in [0.25, 0.3) is 0 Å². The molecule has 0 spiro atoms. The van der Waals surface area contributed by atoms with Crippen LogP contribution < -0.4 is 27.4 Å². The van der Waals surface area contributed by atoms with Crippen LogP contribution in [-0.4, -0.2) is 81.8 Å². The maximum atomic E-state index is 12.6. The average molecular weight is 447 g/mol. The van der Waals surface area contributed by atoms with E-state index < -0.39 is 66.4 Å². The Morgan fingerprint density at radius 3 is 1.97 bits per heavy atom. The van der Waals surface area contributed by atoms with Gasteiger partial charge in [0.2, 0.25) is 17.7 Å². The van der Waals surface area contributed by atoms with Gasteiger partial charge >= 0.3 is 11.9 Å². The minimum absolute atomic E-state index is 0.290. The van der Waals surface area contributed by atoms with Crippen LogP contribution in [0.3, 0.4) is 0 Å². The Kier molecular flexibility index (Phi) is 13.0. The Bertz CT molecular complexity index is 642. The first-order valence-electron chi connectivity index (χ1n) is 9.90. The Morgan fingerprint density at radius 2 is 1.48 bits per heavy atom. The summed E-state index contributed by atoms with van der Waals surface area (Å²) in [6, 6.07) is -5.09. The minimum atomic E-state index is -1.53. The highest BCUT2D eigenvalue weighted by atomic mass is 16.4. The largest absolute Gasteiger partial charge is 0.481 e. The summed E-state index contributed by atoms with van der Waals surface area (Å²) in [4.78, 5) is 59.0. The molecule has 5 atom stereocenters. The number of aliphatic hydroxyl groups is 1. The van der Waals surface area contributed by atoms with Crippen LogP contribution in [0.25, 0.3) is 0 Å². The average Bonchev–Trinajstić information content (AvgIpc) is 2.68. The molecule has 0 saturated carbocycles. The summed E-state index contributed by atoms with van der Waals surface area (Å²) in [5.41, 5.74) is 11.2. The van der Waals surface area contributed by atoms with Crippen molar-refractivity contribution >= 4 is 29.7 Å². The van der Waals surface area contributed by atoms with Crippen LogP contribution in [0.4, 0.5) is 0 Å². The van der Waals surface area contributed by atoms with Crippen molar-refractivity contribution in [1.82, 2.24) is 16.0 Å². The van der Waals surface area contributed by atoms with Crippen molar-refractivity contribution in [2.45, 2.75) is 76.2 Å². The Morgan fingerprint density at radius 1 is 0.871 bits per heavy atom. The second-order valence-electron chi connectivity index (χ2n) is 7.18. The number of hydrogen-bond acceptors (Lipinski definition) is 8. The summed E-state index contributed by atoms with van der Waals surface area (Å²) < 4.78 is 0. The van der Waals surface area contributed by atoms with Gasteiger partial charge in [0.15, 0.2) is 0 Å². The molecule has 0 saturated heterocycles. The maximum Gasteiger partial charge on any atom is 0.325 e. The van der Waals surface area contributed by atoms with E-state index in [1.54, 1.807) is 0 Å². The number of aliphatic hydroxyl groups excluding tert-OH is 1. The molecule has 31 heavy (non-hydrogen) atoms. The number of aliphatic carboxylic acids is 2. The first-order valence-corrected chi connectivity index (χ1v) is 9.90. The van der Waals surface area contributed by atoms with Crippen LogP contribution >= 0.6 is 0 Å². The monoisotopic (exact) mass is 447 g/mol. The van der Waals surface area contributed by atoms with Crippen LogP contribution in [0.2, 0.25) is 0 Å². The fourth-order valence-corrected chi connectivity index (χ4v) is 2.48. The molecule has 0 aromatic rings. The van der Waals surface area contributed by atoms with Crippen LogP contribution in [0.5, 0.6) is 0 Å². The SMILES string of the molecule is CC(NC(=O)C(NC(=O)C(CCC(=O)O)NC(=O)C(N)CCCCN)C(C)O)C(=O)O. The zero-order chi connectivity index (χ0) is 24.1. The standard InChI is InChI=1S/C18H33N5O8/c1-9(18(30)31)21-17(29)14(10(2)24)23-16(28)12(6-7-13(25)26)22-15(27)11(20)5-3-4-8-19/h9-12,14,24H,3-8,19-20H2,1-2H3,(H,21,29)(H,22,27)(H,23,28)(H,25,26)(H,30,31). The van der Waals surface area contributed by atoms with Crippen LogP contribution in [0.15, 0.2) is 0 Å². The first kappa shape index (κ1) is 28.2. The third-order valence-electron chi connectivity index (χ3n) is 4.38. The number of carbonyl (C=O) groups excluding carboxylic acids is 3. The molecule has 0 aliphatic rings. The molecule has 0 heterocycles. The van der Waals surface area contributed by atoms with Gasteiger partial charge in [-0.1, -0.05) is 6.42 Å². The van der Waals surface area contributed by atoms with Gasteiger partial charge in [0, 0.05) is 6.42 Å². The lowest BCUT2D eigenvalue weighted by atomic mass is 10.1. The molecule has 0 aromatic heterocycles. The van der Waals surface area contributed by atoms with Gasteiger partial charge in [-0.05, 0) is 39.7 Å². The highest BCUT2D eigenvalue weighted by Crippen LogP contribution is 2.04. The van der Waals surface area contributed by atoms with Crippen molar-refractivity contribution in [3.8, 4) is 0 Å². The minimum Gasteiger partial charge on any atom is -0.481 e. The van der Waals surface area contributed by atoms with Crippen molar-refractivity contribution in [2.24, 2.45) is 11.5 Å². The van der Waals surface area contributed by atoms with Crippen molar-refractivity contribution < 1.29 is 39.3 Å². The molecule has 0 aliphatic carbocycles.